The first-order chi connectivity index (χ1) is 12.4. The van der Waals surface area contributed by atoms with E-state index in [-0.39, 0.29) is 17.9 Å². The minimum atomic E-state index is -0.806. The van der Waals surface area contributed by atoms with Crippen LogP contribution in [0.25, 0.3) is 11.3 Å². The number of carbonyl (C=O) groups excluding carboxylic acids is 2. The van der Waals surface area contributed by atoms with Gasteiger partial charge in [0.25, 0.3) is 5.56 Å². The van der Waals surface area contributed by atoms with E-state index < -0.39 is 24.0 Å². The van der Waals surface area contributed by atoms with Crippen molar-refractivity contribution in [2.24, 2.45) is 5.73 Å². The number of primary amides is 1. The van der Waals surface area contributed by atoms with Crippen molar-refractivity contribution in [1.82, 2.24) is 9.78 Å². The Labute approximate surface area is 149 Å². The molecule has 0 aliphatic carbocycles. The number of ether oxygens (including phenoxy) is 3. The largest absolute Gasteiger partial charge is 0.493 e. The number of esters is 1. The quantitative estimate of drug-likeness (QED) is 0.716. The molecule has 0 fully saturated rings. The van der Waals surface area contributed by atoms with Gasteiger partial charge in [0.2, 0.25) is 5.91 Å². The van der Waals surface area contributed by atoms with Gasteiger partial charge in [-0.2, -0.15) is 5.10 Å². The highest BCUT2D eigenvalue weighted by Gasteiger charge is 2.19. The van der Waals surface area contributed by atoms with Crippen LogP contribution in [0, 0.1) is 0 Å². The van der Waals surface area contributed by atoms with Gasteiger partial charge in [-0.3, -0.25) is 9.59 Å². The standard InChI is InChI=1S/C17H19N3O6/c1-4-26-17(23)11-8-12(19-20(16(11)22)9-15(18)21)10-5-6-13(24-2)14(7-10)25-3/h5-8H,4,9H2,1-3H3,(H2,18,21). The molecule has 0 radical (unpaired) electrons. The number of hydrogen-bond acceptors (Lipinski definition) is 7. The lowest BCUT2D eigenvalue weighted by atomic mass is 10.1. The van der Waals surface area contributed by atoms with Gasteiger partial charge in [-0.05, 0) is 31.2 Å². The monoisotopic (exact) mass is 361 g/mol. The summed E-state index contributed by atoms with van der Waals surface area (Å²) in [7, 11) is 2.98. The van der Waals surface area contributed by atoms with Crippen molar-refractivity contribution in [3.63, 3.8) is 0 Å². The molecule has 1 aromatic carbocycles. The van der Waals surface area contributed by atoms with Gasteiger partial charge in [0, 0.05) is 5.56 Å². The molecule has 1 heterocycles. The average molecular weight is 361 g/mol. The number of rotatable bonds is 7. The maximum atomic E-state index is 12.4. The van der Waals surface area contributed by atoms with E-state index in [1.54, 1.807) is 25.1 Å². The van der Waals surface area contributed by atoms with Gasteiger partial charge >= 0.3 is 5.97 Å². The molecule has 0 spiro atoms. The van der Waals surface area contributed by atoms with E-state index in [0.717, 1.165) is 4.68 Å². The second-order valence-electron chi connectivity index (χ2n) is 5.16. The second kappa shape index (κ2) is 8.15. The number of benzene rings is 1. The van der Waals surface area contributed by atoms with Crippen LogP contribution >= 0.6 is 0 Å². The summed E-state index contributed by atoms with van der Waals surface area (Å²) in [6.07, 6.45) is 0. The van der Waals surface area contributed by atoms with Crippen LogP contribution in [0.15, 0.2) is 29.1 Å². The van der Waals surface area contributed by atoms with Gasteiger partial charge in [0.05, 0.1) is 26.5 Å². The van der Waals surface area contributed by atoms with Crippen molar-refractivity contribution in [3.8, 4) is 22.8 Å². The summed E-state index contributed by atoms with van der Waals surface area (Å²) in [5, 5.41) is 4.12. The fourth-order valence-electron chi connectivity index (χ4n) is 2.29. The summed E-state index contributed by atoms with van der Waals surface area (Å²) in [5.74, 6) is -0.622. The SMILES string of the molecule is CCOC(=O)c1cc(-c2ccc(OC)c(OC)c2)nn(CC(N)=O)c1=O. The number of aromatic nitrogens is 2. The molecule has 1 aromatic heterocycles. The molecule has 1 amide bonds. The van der Waals surface area contributed by atoms with E-state index in [1.165, 1.54) is 20.3 Å². The Balaban J connectivity index is 2.64. The molecule has 2 N–H and O–H groups in total. The van der Waals surface area contributed by atoms with Gasteiger partial charge in [-0.1, -0.05) is 0 Å². The minimum absolute atomic E-state index is 0.0993. The topological polar surface area (TPSA) is 123 Å². The van der Waals surface area contributed by atoms with E-state index in [1.807, 2.05) is 0 Å². The lowest BCUT2D eigenvalue weighted by molar-refractivity contribution is -0.118. The molecule has 0 saturated heterocycles. The van der Waals surface area contributed by atoms with Crippen molar-refractivity contribution in [2.45, 2.75) is 13.5 Å². The molecular weight excluding hydrogens is 342 g/mol. The van der Waals surface area contributed by atoms with Crippen molar-refractivity contribution in [3.05, 3.63) is 40.2 Å². The normalized spacial score (nSPS) is 10.3. The third-order valence-corrected chi connectivity index (χ3v) is 3.45. The first-order valence-corrected chi connectivity index (χ1v) is 7.71. The van der Waals surface area contributed by atoms with Crippen molar-refractivity contribution >= 4 is 11.9 Å². The van der Waals surface area contributed by atoms with Crippen molar-refractivity contribution in [1.29, 1.82) is 0 Å². The van der Waals surface area contributed by atoms with Crippen LogP contribution in [0.1, 0.15) is 17.3 Å². The second-order valence-corrected chi connectivity index (χ2v) is 5.16. The number of amides is 1. The zero-order valence-corrected chi connectivity index (χ0v) is 14.6. The molecule has 0 saturated carbocycles. The zero-order chi connectivity index (χ0) is 19.3. The minimum Gasteiger partial charge on any atom is -0.493 e. The summed E-state index contributed by atoms with van der Waals surface area (Å²) in [4.78, 5) is 35.7. The Hall–Kier alpha value is -3.36. The first kappa shape index (κ1) is 19.0. The van der Waals surface area contributed by atoms with Crippen LogP contribution in [-0.2, 0) is 16.1 Å². The van der Waals surface area contributed by atoms with E-state index in [0.29, 0.717) is 17.1 Å². The predicted molar refractivity (Wildman–Crippen MR) is 92.2 cm³/mol. The van der Waals surface area contributed by atoms with Crippen LogP contribution in [0.3, 0.4) is 0 Å². The molecule has 26 heavy (non-hydrogen) atoms. The molecule has 0 unspecified atom stereocenters. The predicted octanol–water partition coefficient (Wildman–Crippen LogP) is 0.590. The van der Waals surface area contributed by atoms with E-state index in [9.17, 15) is 14.4 Å². The van der Waals surface area contributed by atoms with Crippen molar-refractivity contribution < 1.29 is 23.8 Å². The van der Waals surface area contributed by atoms with Gasteiger partial charge in [0.1, 0.15) is 12.1 Å². The van der Waals surface area contributed by atoms with Crippen LogP contribution in [-0.4, -0.2) is 42.5 Å². The molecule has 2 rings (SSSR count). The summed E-state index contributed by atoms with van der Waals surface area (Å²) >= 11 is 0. The fourth-order valence-corrected chi connectivity index (χ4v) is 2.29. The molecule has 0 bridgehead atoms. The van der Waals surface area contributed by atoms with Gasteiger partial charge < -0.3 is 19.9 Å². The smallest absolute Gasteiger partial charge is 0.343 e. The highest BCUT2D eigenvalue weighted by Crippen LogP contribution is 2.31. The van der Waals surface area contributed by atoms with Crippen LogP contribution in [0.5, 0.6) is 11.5 Å². The van der Waals surface area contributed by atoms with Crippen LogP contribution in [0.4, 0.5) is 0 Å². The third-order valence-electron chi connectivity index (χ3n) is 3.45. The Bertz CT molecular complexity index is 891. The van der Waals surface area contributed by atoms with Gasteiger partial charge in [0.15, 0.2) is 11.5 Å². The average Bonchev–Trinajstić information content (AvgIpc) is 2.62. The summed E-state index contributed by atoms with van der Waals surface area (Å²) in [6.45, 7) is 1.25. The molecule has 0 atom stereocenters. The Morgan fingerprint density at radius 2 is 1.85 bits per heavy atom. The first-order valence-electron chi connectivity index (χ1n) is 7.71. The number of hydrogen-bond donors (Lipinski definition) is 1. The molecule has 0 aliphatic rings. The number of nitrogens with zero attached hydrogens (tertiary/aromatic N) is 2. The highest BCUT2D eigenvalue weighted by atomic mass is 16.5. The maximum Gasteiger partial charge on any atom is 0.343 e. The highest BCUT2D eigenvalue weighted by molar-refractivity contribution is 5.90. The lowest BCUT2D eigenvalue weighted by Crippen LogP contribution is -2.34. The Morgan fingerprint density at radius 3 is 2.42 bits per heavy atom. The summed E-state index contributed by atoms with van der Waals surface area (Å²) in [6, 6.07) is 6.27. The molecule has 9 heteroatoms. The Morgan fingerprint density at radius 1 is 1.15 bits per heavy atom. The van der Waals surface area contributed by atoms with Gasteiger partial charge in [-0.15, -0.1) is 0 Å². The number of methoxy groups -OCH3 is 2. The molecule has 2 aromatic rings. The lowest BCUT2D eigenvalue weighted by Gasteiger charge is -2.12. The fraction of sp³-hybridized carbons (Fsp3) is 0.294. The summed E-state index contributed by atoms with van der Waals surface area (Å²) < 4.78 is 16.2. The van der Waals surface area contributed by atoms with Crippen LogP contribution in [0.2, 0.25) is 0 Å². The maximum absolute atomic E-state index is 12.4. The molecule has 9 nitrogen and oxygen atoms in total. The molecular formula is C17H19N3O6. The van der Waals surface area contributed by atoms with Gasteiger partial charge in [-0.25, -0.2) is 9.48 Å². The molecule has 0 aliphatic heterocycles. The van der Waals surface area contributed by atoms with E-state index >= 15 is 0 Å². The van der Waals surface area contributed by atoms with E-state index in [2.05, 4.69) is 5.10 Å². The third kappa shape index (κ3) is 4.00. The number of carbonyl (C=O) groups is 2. The molecule has 138 valence electrons. The Kier molecular flexibility index (Phi) is 5.94. The number of nitrogens with two attached hydrogens (primary N) is 1. The van der Waals surface area contributed by atoms with Crippen LogP contribution < -0.4 is 20.8 Å². The van der Waals surface area contributed by atoms with E-state index in [4.69, 9.17) is 19.9 Å². The zero-order valence-electron chi connectivity index (χ0n) is 14.6. The van der Waals surface area contributed by atoms with Crippen molar-refractivity contribution in [2.75, 3.05) is 20.8 Å². The summed E-state index contributed by atoms with van der Waals surface area (Å²) in [5.41, 5.74) is 4.98.